The summed E-state index contributed by atoms with van der Waals surface area (Å²) in [5.74, 6) is 1.45. The van der Waals surface area contributed by atoms with E-state index in [2.05, 4.69) is 49.3 Å². The Morgan fingerprint density at radius 2 is 1.69 bits per heavy atom. The van der Waals surface area contributed by atoms with Gasteiger partial charge in [0.05, 0.1) is 12.1 Å². The third-order valence-electron chi connectivity index (χ3n) is 6.60. The van der Waals surface area contributed by atoms with Crippen LogP contribution in [0.2, 0.25) is 0 Å². The zero-order chi connectivity index (χ0) is 25.4. The number of ether oxygens (including phenoxy) is 2. The lowest BCUT2D eigenvalue weighted by molar-refractivity contribution is 0.174. The van der Waals surface area contributed by atoms with E-state index >= 15 is 0 Å². The minimum atomic E-state index is -0.110. The van der Waals surface area contributed by atoms with E-state index < -0.39 is 0 Å². The fraction of sp³-hybridized carbons (Fsp3) is 0.241. The van der Waals surface area contributed by atoms with Crippen LogP contribution in [-0.4, -0.2) is 21.8 Å². The fourth-order valence-electron chi connectivity index (χ4n) is 4.55. The third-order valence-corrected chi connectivity index (χ3v) is 6.96. The zero-order valence-corrected chi connectivity index (χ0v) is 21.7. The van der Waals surface area contributed by atoms with Crippen molar-refractivity contribution >= 4 is 33.9 Å². The first kappa shape index (κ1) is 23.9. The molecule has 6 nitrogen and oxygen atoms in total. The van der Waals surface area contributed by atoms with Gasteiger partial charge in [0.2, 0.25) is 6.79 Å². The molecule has 7 heteroatoms. The van der Waals surface area contributed by atoms with E-state index in [1.807, 2.05) is 48.2 Å². The number of nitrogens with zero attached hydrogens (tertiary/aromatic N) is 1. The average molecular weight is 500 g/mol. The minimum Gasteiger partial charge on any atom is -0.454 e. The molecular weight excluding hydrogens is 470 g/mol. The first-order valence-corrected chi connectivity index (χ1v) is 12.3. The molecule has 1 aliphatic rings. The van der Waals surface area contributed by atoms with Gasteiger partial charge >= 0.3 is 0 Å². The van der Waals surface area contributed by atoms with E-state index in [-0.39, 0.29) is 12.4 Å². The summed E-state index contributed by atoms with van der Waals surface area (Å²) in [4.78, 5) is 18.2. The van der Waals surface area contributed by atoms with Crippen LogP contribution < -0.4 is 20.3 Å². The summed E-state index contributed by atoms with van der Waals surface area (Å²) < 4.78 is 11.0. The molecule has 4 aromatic rings. The number of hydrogen-bond acceptors (Lipinski definition) is 4. The van der Waals surface area contributed by atoms with Gasteiger partial charge in [0, 0.05) is 23.2 Å². The van der Waals surface area contributed by atoms with Gasteiger partial charge in [0.15, 0.2) is 16.6 Å². The molecule has 1 aliphatic heterocycles. The number of pyridine rings is 1. The summed E-state index contributed by atoms with van der Waals surface area (Å²) in [5, 5.41) is 4.98. The lowest BCUT2D eigenvalue weighted by Crippen LogP contribution is -2.35. The van der Waals surface area contributed by atoms with Crippen LogP contribution in [0.25, 0.3) is 10.9 Å². The molecule has 0 aliphatic carbocycles. The molecule has 184 valence electrons. The average Bonchev–Trinajstić information content (AvgIpc) is 3.31. The maximum atomic E-state index is 13.1. The van der Waals surface area contributed by atoms with Crippen LogP contribution in [0.1, 0.15) is 33.4 Å². The topological polar surface area (TPSA) is 66.6 Å². The molecular formula is C29H29N3O3S. The van der Waals surface area contributed by atoms with Gasteiger partial charge in [-0.15, -0.1) is 0 Å². The number of aryl methyl sites for hydroxylation is 4. The quantitative estimate of drug-likeness (QED) is 0.334. The molecule has 0 bridgehead atoms. The SMILES string of the molecule is Cc1ccc(NC(=S)N(Cc2ccc3c(c2)OCO3)Cc2cc3c(C)ccc(C)c3[nH]c2=O)c(C)c1. The number of benzene rings is 3. The Bertz CT molecular complexity index is 1540. The van der Waals surface area contributed by atoms with Gasteiger partial charge < -0.3 is 24.7 Å². The van der Waals surface area contributed by atoms with Crippen molar-refractivity contribution in [2.75, 3.05) is 12.1 Å². The second-order valence-corrected chi connectivity index (χ2v) is 9.79. The van der Waals surface area contributed by atoms with E-state index in [1.165, 1.54) is 5.56 Å². The summed E-state index contributed by atoms with van der Waals surface area (Å²) in [6.45, 7) is 9.25. The standard InChI is InChI=1S/C29H29N3O3S/c1-17-5-9-24(20(4)11-17)30-29(36)32(14-21-8-10-25-26(12-21)35-16-34-25)15-22-13-23-18(2)6-7-19(3)27(23)31-28(22)33/h5-13H,14-16H2,1-4H3,(H,30,36)(H,31,33). The molecule has 36 heavy (non-hydrogen) atoms. The van der Waals surface area contributed by atoms with Crippen LogP contribution in [0.3, 0.4) is 0 Å². The fourth-order valence-corrected chi connectivity index (χ4v) is 4.79. The molecule has 0 atom stereocenters. The van der Waals surface area contributed by atoms with Gasteiger partial charge in [-0.3, -0.25) is 4.79 Å². The van der Waals surface area contributed by atoms with E-state index in [4.69, 9.17) is 21.7 Å². The number of aromatic amines is 1. The molecule has 0 amide bonds. The largest absolute Gasteiger partial charge is 0.454 e. The Morgan fingerprint density at radius 1 is 0.917 bits per heavy atom. The van der Waals surface area contributed by atoms with Crippen LogP contribution in [0.15, 0.2) is 59.4 Å². The monoisotopic (exact) mass is 499 g/mol. The highest BCUT2D eigenvalue weighted by molar-refractivity contribution is 7.80. The number of H-pyrrole nitrogens is 1. The Kier molecular flexibility index (Phi) is 6.41. The Morgan fingerprint density at radius 3 is 2.50 bits per heavy atom. The first-order valence-electron chi connectivity index (χ1n) is 11.9. The number of fused-ring (bicyclic) bond motifs is 2. The van der Waals surface area contributed by atoms with Crippen molar-refractivity contribution in [2.24, 2.45) is 0 Å². The maximum absolute atomic E-state index is 13.1. The summed E-state index contributed by atoms with van der Waals surface area (Å²) >= 11 is 5.88. The normalized spacial score (nSPS) is 12.1. The van der Waals surface area contributed by atoms with Crippen LogP contribution >= 0.6 is 12.2 Å². The summed E-state index contributed by atoms with van der Waals surface area (Å²) in [7, 11) is 0. The number of aromatic nitrogens is 1. The van der Waals surface area contributed by atoms with E-state index in [9.17, 15) is 4.79 Å². The predicted molar refractivity (Wildman–Crippen MR) is 148 cm³/mol. The molecule has 2 N–H and O–H groups in total. The van der Waals surface area contributed by atoms with E-state index in [0.29, 0.717) is 23.8 Å². The van der Waals surface area contributed by atoms with Gasteiger partial charge in [-0.1, -0.05) is 35.9 Å². The highest BCUT2D eigenvalue weighted by Crippen LogP contribution is 2.33. The first-order chi connectivity index (χ1) is 17.3. The van der Waals surface area contributed by atoms with Crippen LogP contribution in [0, 0.1) is 27.7 Å². The van der Waals surface area contributed by atoms with Crippen molar-refractivity contribution in [1.82, 2.24) is 9.88 Å². The van der Waals surface area contributed by atoms with Crippen molar-refractivity contribution in [3.63, 3.8) is 0 Å². The number of rotatable bonds is 5. The Labute approximate surface area is 215 Å². The van der Waals surface area contributed by atoms with Gasteiger partial charge in [-0.05, 0) is 86.4 Å². The van der Waals surface area contributed by atoms with Crippen molar-refractivity contribution in [2.45, 2.75) is 40.8 Å². The predicted octanol–water partition coefficient (Wildman–Crippen LogP) is 5.89. The molecule has 2 heterocycles. The van der Waals surface area contributed by atoms with E-state index in [1.54, 1.807) is 0 Å². The van der Waals surface area contributed by atoms with Crippen molar-refractivity contribution < 1.29 is 9.47 Å². The zero-order valence-electron chi connectivity index (χ0n) is 20.9. The van der Waals surface area contributed by atoms with Gasteiger partial charge in [0.1, 0.15) is 0 Å². The Balaban J connectivity index is 1.50. The summed E-state index contributed by atoms with van der Waals surface area (Å²) in [6, 6.07) is 18.2. The van der Waals surface area contributed by atoms with Gasteiger partial charge in [-0.2, -0.15) is 0 Å². The lowest BCUT2D eigenvalue weighted by atomic mass is 10.0. The second-order valence-electron chi connectivity index (χ2n) is 9.40. The third kappa shape index (κ3) is 4.79. The molecule has 0 unspecified atom stereocenters. The molecule has 5 rings (SSSR count). The van der Waals surface area contributed by atoms with Crippen LogP contribution in [0.4, 0.5) is 5.69 Å². The van der Waals surface area contributed by atoms with Gasteiger partial charge in [-0.25, -0.2) is 0 Å². The molecule has 0 saturated heterocycles. The van der Waals surface area contributed by atoms with Crippen LogP contribution in [0.5, 0.6) is 11.5 Å². The van der Waals surface area contributed by atoms with Crippen molar-refractivity contribution in [1.29, 1.82) is 0 Å². The molecule has 0 radical (unpaired) electrons. The smallest absolute Gasteiger partial charge is 0.253 e. The lowest BCUT2D eigenvalue weighted by Gasteiger charge is -2.27. The molecule has 0 saturated carbocycles. The molecule has 1 aromatic heterocycles. The Hall–Kier alpha value is -3.84. The molecule has 0 fully saturated rings. The highest BCUT2D eigenvalue weighted by Gasteiger charge is 2.19. The van der Waals surface area contributed by atoms with E-state index in [0.717, 1.165) is 50.3 Å². The number of anilines is 1. The number of nitrogens with one attached hydrogen (secondary N) is 2. The number of thiocarbonyl (C=S) groups is 1. The molecule has 3 aromatic carbocycles. The number of hydrogen-bond donors (Lipinski definition) is 2. The minimum absolute atomic E-state index is 0.110. The summed E-state index contributed by atoms with van der Waals surface area (Å²) in [5.41, 5.74) is 7.83. The van der Waals surface area contributed by atoms with Crippen molar-refractivity contribution in [3.05, 3.63) is 98.3 Å². The second kappa shape index (κ2) is 9.66. The molecule has 0 spiro atoms. The van der Waals surface area contributed by atoms with Gasteiger partial charge in [0.25, 0.3) is 5.56 Å². The maximum Gasteiger partial charge on any atom is 0.253 e. The summed E-state index contributed by atoms with van der Waals surface area (Å²) in [6.07, 6.45) is 0. The van der Waals surface area contributed by atoms with Crippen molar-refractivity contribution in [3.8, 4) is 11.5 Å². The van der Waals surface area contributed by atoms with Crippen LogP contribution in [-0.2, 0) is 13.1 Å². The highest BCUT2D eigenvalue weighted by atomic mass is 32.1.